The van der Waals surface area contributed by atoms with Gasteiger partial charge in [-0.1, -0.05) is 42.5 Å². The molecule has 2 aromatic rings. The number of carbonyl (C=O) groups is 2. The van der Waals surface area contributed by atoms with Crippen molar-refractivity contribution in [3.8, 4) is 0 Å². The normalized spacial score (nSPS) is 14.7. The van der Waals surface area contributed by atoms with Gasteiger partial charge in [-0.2, -0.15) is 0 Å². The number of hydrogen-bond acceptors (Lipinski definition) is 3. The maximum absolute atomic E-state index is 13.2. The molecule has 0 aromatic heterocycles. The summed E-state index contributed by atoms with van der Waals surface area (Å²) in [5, 5.41) is 2.77. The van der Waals surface area contributed by atoms with Crippen LogP contribution < -0.4 is 5.32 Å². The molecule has 28 heavy (non-hydrogen) atoms. The third-order valence-electron chi connectivity index (χ3n) is 4.85. The molecule has 6 heteroatoms. The number of allylic oxidation sites excluding steroid dienone is 1. The summed E-state index contributed by atoms with van der Waals surface area (Å²) in [6.45, 7) is 4.42. The van der Waals surface area contributed by atoms with Gasteiger partial charge in [-0.3, -0.25) is 14.5 Å². The Labute approximate surface area is 163 Å². The van der Waals surface area contributed by atoms with Crippen LogP contribution in [-0.2, 0) is 21.0 Å². The first-order valence-electron chi connectivity index (χ1n) is 9.02. The Hall–Kier alpha value is -3.15. The summed E-state index contributed by atoms with van der Waals surface area (Å²) in [6, 6.07) is 15.8. The van der Waals surface area contributed by atoms with E-state index < -0.39 is 12.2 Å². The fourth-order valence-corrected chi connectivity index (χ4v) is 3.06. The van der Waals surface area contributed by atoms with E-state index in [1.807, 2.05) is 30.3 Å². The van der Waals surface area contributed by atoms with Crippen molar-refractivity contribution in [2.45, 2.75) is 33.0 Å². The van der Waals surface area contributed by atoms with Crippen molar-refractivity contribution in [3.63, 3.8) is 0 Å². The lowest BCUT2D eigenvalue weighted by atomic mass is 9.96. The molecule has 0 unspecified atom stereocenters. The summed E-state index contributed by atoms with van der Waals surface area (Å²) in [5.74, 6) is -0.126. The van der Waals surface area contributed by atoms with Gasteiger partial charge in [0, 0.05) is 5.69 Å². The minimum absolute atomic E-state index is 0.0219. The van der Waals surface area contributed by atoms with Crippen LogP contribution in [0.1, 0.15) is 31.9 Å². The maximum atomic E-state index is 13.2. The molecule has 0 radical (unpaired) electrons. The number of anilines is 1. The second-order valence-corrected chi connectivity index (χ2v) is 7.15. The van der Waals surface area contributed by atoms with Gasteiger partial charge in [0.15, 0.2) is 6.73 Å². The predicted octanol–water partition coefficient (Wildman–Crippen LogP) is 4.12. The zero-order valence-corrected chi connectivity index (χ0v) is 16.2. The van der Waals surface area contributed by atoms with E-state index in [1.54, 1.807) is 45.0 Å². The van der Waals surface area contributed by atoms with Gasteiger partial charge in [0.2, 0.25) is 5.91 Å². The molecule has 5 nitrogen and oxygen atoms in total. The maximum Gasteiger partial charge on any atom is 0.261 e. The molecule has 0 spiro atoms. The van der Waals surface area contributed by atoms with E-state index in [0.717, 1.165) is 5.56 Å². The molecule has 0 saturated carbocycles. The highest BCUT2D eigenvalue weighted by Gasteiger charge is 2.42. The van der Waals surface area contributed by atoms with Gasteiger partial charge < -0.3 is 10.1 Å². The van der Waals surface area contributed by atoms with Crippen LogP contribution in [0.25, 0.3) is 5.57 Å². The largest absolute Gasteiger partial charge is 0.477 e. The molecule has 2 amide bonds. The molecule has 0 atom stereocenters. The lowest BCUT2D eigenvalue weighted by Crippen LogP contribution is -2.57. The van der Waals surface area contributed by atoms with E-state index in [-0.39, 0.29) is 18.5 Å². The van der Waals surface area contributed by atoms with E-state index in [9.17, 15) is 14.0 Å². The standard InChI is InChI=1S/C22H23FN2O3/c1-15-19(17-9-5-4-6-10-17)20(26)25(14-28-15)22(2,3)21(27)24-18-11-7-8-16(12-18)13-23/h4-12H,13-14H2,1-3H3,(H,24,27). The molecule has 0 bridgehead atoms. The molecule has 1 N–H and O–H groups in total. The molecule has 1 aliphatic heterocycles. The minimum Gasteiger partial charge on any atom is -0.477 e. The number of hydrogen-bond donors (Lipinski definition) is 1. The highest BCUT2D eigenvalue weighted by molar-refractivity contribution is 6.21. The van der Waals surface area contributed by atoms with Crippen LogP contribution in [0.2, 0.25) is 0 Å². The monoisotopic (exact) mass is 382 g/mol. The number of carbonyl (C=O) groups excluding carboxylic acids is 2. The molecule has 3 rings (SSSR count). The molecule has 1 aliphatic rings. The lowest BCUT2D eigenvalue weighted by molar-refractivity contribution is -0.147. The summed E-state index contributed by atoms with van der Waals surface area (Å²) < 4.78 is 18.6. The summed E-state index contributed by atoms with van der Waals surface area (Å²) in [6.07, 6.45) is 0. The molecular formula is C22H23FN2O3. The minimum atomic E-state index is -1.18. The molecule has 1 heterocycles. The van der Waals surface area contributed by atoms with Crippen LogP contribution in [0.4, 0.5) is 10.1 Å². The van der Waals surface area contributed by atoms with Gasteiger partial charge in [-0.05, 0) is 44.0 Å². The van der Waals surface area contributed by atoms with Gasteiger partial charge in [-0.15, -0.1) is 0 Å². The van der Waals surface area contributed by atoms with Crippen molar-refractivity contribution >= 4 is 23.1 Å². The zero-order chi connectivity index (χ0) is 20.3. The Kier molecular flexibility index (Phi) is 5.49. The Bertz CT molecular complexity index is 922. The third-order valence-corrected chi connectivity index (χ3v) is 4.85. The fourth-order valence-electron chi connectivity index (χ4n) is 3.06. The number of nitrogens with zero attached hydrogens (tertiary/aromatic N) is 1. The van der Waals surface area contributed by atoms with E-state index in [1.165, 1.54) is 4.90 Å². The number of rotatable bonds is 5. The average molecular weight is 382 g/mol. The van der Waals surface area contributed by atoms with Crippen molar-refractivity contribution in [2.75, 3.05) is 12.0 Å². The third kappa shape index (κ3) is 3.76. The molecular weight excluding hydrogens is 359 g/mol. The van der Waals surface area contributed by atoms with Gasteiger partial charge in [0.05, 0.1) is 5.57 Å². The number of nitrogens with one attached hydrogen (secondary N) is 1. The van der Waals surface area contributed by atoms with Crippen LogP contribution in [0.15, 0.2) is 60.4 Å². The Morgan fingerprint density at radius 3 is 2.57 bits per heavy atom. The quantitative estimate of drug-likeness (QED) is 0.846. The average Bonchev–Trinajstić information content (AvgIpc) is 2.68. The number of amides is 2. The second-order valence-electron chi connectivity index (χ2n) is 7.15. The first kappa shape index (κ1) is 19.6. The summed E-state index contributed by atoms with van der Waals surface area (Å²) in [5.41, 5.74) is 0.948. The van der Waals surface area contributed by atoms with Crippen LogP contribution in [0.5, 0.6) is 0 Å². The van der Waals surface area contributed by atoms with E-state index in [0.29, 0.717) is 22.6 Å². The second kappa shape index (κ2) is 7.84. The summed E-state index contributed by atoms with van der Waals surface area (Å²) in [4.78, 5) is 27.5. The Morgan fingerprint density at radius 2 is 1.89 bits per heavy atom. The van der Waals surface area contributed by atoms with Gasteiger partial charge in [-0.25, -0.2) is 4.39 Å². The highest BCUT2D eigenvalue weighted by atomic mass is 19.1. The fraction of sp³-hybridized carbons (Fsp3) is 0.273. The van der Waals surface area contributed by atoms with E-state index in [2.05, 4.69) is 5.32 Å². The first-order valence-corrected chi connectivity index (χ1v) is 9.02. The van der Waals surface area contributed by atoms with Crippen LogP contribution in [-0.4, -0.2) is 29.0 Å². The number of alkyl halides is 1. The summed E-state index contributed by atoms with van der Waals surface area (Å²) in [7, 11) is 0. The van der Waals surface area contributed by atoms with Crippen molar-refractivity contribution in [3.05, 3.63) is 71.5 Å². The van der Waals surface area contributed by atoms with Crippen molar-refractivity contribution < 1.29 is 18.7 Å². The van der Waals surface area contributed by atoms with Crippen molar-refractivity contribution in [1.82, 2.24) is 4.90 Å². The number of benzene rings is 2. The molecule has 0 saturated heterocycles. The van der Waals surface area contributed by atoms with Gasteiger partial charge in [0.1, 0.15) is 18.0 Å². The summed E-state index contributed by atoms with van der Waals surface area (Å²) >= 11 is 0. The highest BCUT2D eigenvalue weighted by Crippen LogP contribution is 2.31. The number of ether oxygens (including phenoxy) is 1. The van der Waals surface area contributed by atoms with Gasteiger partial charge in [0.25, 0.3) is 5.91 Å². The first-order chi connectivity index (χ1) is 13.3. The Morgan fingerprint density at radius 1 is 1.18 bits per heavy atom. The molecule has 146 valence electrons. The smallest absolute Gasteiger partial charge is 0.261 e. The van der Waals surface area contributed by atoms with Crippen LogP contribution in [0, 0.1) is 0 Å². The van der Waals surface area contributed by atoms with Gasteiger partial charge >= 0.3 is 0 Å². The molecule has 0 aliphatic carbocycles. The van der Waals surface area contributed by atoms with Crippen molar-refractivity contribution in [2.24, 2.45) is 0 Å². The molecule has 2 aromatic carbocycles. The Balaban J connectivity index is 1.85. The zero-order valence-electron chi connectivity index (χ0n) is 16.2. The lowest BCUT2D eigenvalue weighted by Gasteiger charge is -2.40. The van der Waals surface area contributed by atoms with Crippen LogP contribution in [0.3, 0.4) is 0 Å². The van der Waals surface area contributed by atoms with E-state index >= 15 is 0 Å². The van der Waals surface area contributed by atoms with Crippen LogP contribution >= 0.6 is 0 Å². The van der Waals surface area contributed by atoms with Crippen molar-refractivity contribution in [1.29, 1.82) is 0 Å². The SMILES string of the molecule is CC1=C(c2ccccc2)C(=O)N(C(C)(C)C(=O)Nc2cccc(CF)c2)CO1. The number of halogens is 1. The van der Waals surface area contributed by atoms with E-state index in [4.69, 9.17) is 4.74 Å². The predicted molar refractivity (Wildman–Crippen MR) is 106 cm³/mol. The topological polar surface area (TPSA) is 58.6 Å². The molecule has 0 fully saturated rings.